The molecule has 2 rings (SSSR count). The van der Waals surface area contributed by atoms with Gasteiger partial charge in [0.05, 0.1) is 12.7 Å². The van der Waals surface area contributed by atoms with Crippen molar-refractivity contribution in [3.05, 3.63) is 59.7 Å². The summed E-state index contributed by atoms with van der Waals surface area (Å²) in [7, 11) is 0. The molecule has 2 atom stereocenters. The zero-order valence-electron chi connectivity index (χ0n) is 17.3. The maximum absolute atomic E-state index is 10.6. The summed E-state index contributed by atoms with van der Waals surface area (Å²) in [4.78, 5) is 0. The van der Waals surface area contributed by atoms with Crippen LogP contribution in [0.1, 0.15) is 44.9 Å². The molecule has 2 aromatic carbocycles. The summed E-state index contributed by atoms with van der Waals surface area (Å²) in [5, 5.41) is 23.1. The molecule has 0 heterocycles. The van der Waals surface area contributed by atoms with Crippen LogP contribution >= 0.6 is 0 Å². The van der Waals surface area contributed by atoms with Gasteiger partial charge in [-0.15, -0.1) is 0 Å². The van der Waals surface area contributed by atoms with E-state index < -0.39 is 6.10 Å². The van der Waals surface area contributed by atoms with Crippen molar-refractivity contribution in [3.8, 4) is 11.5 Å². The molecule has 0 bridgehead atoms. The topological polar surface area (TPSA) is 71.0 Å². The van der Waals surface area contributed by atoms with Crippen molar-refractivity contribution in [1.82, 2.24) is 5.32 Å². The van der Waals surface area contributed by atoms with Gasteiger partial charge in [-0.3, -0.25) is 0 Å². The van der Waals surface area contributed by atoms with E-state index in [-0.39, 0.29) is 24.9 Å². The second-order valence-electron chi connectivity index (χ2n) is 8.01. The first-order valence-corrected chi connectivity index (χ1v) is 9.80. The molecule has 0 aliphatic heterocycles. The van der Waals surface area contributed by atoms with Gasteiger partial charge in [-0.05, 0) is 57.4 Å². The van der Waals surface area contributed by atoms with Gasteiger partial charge in [0.1, 0.15) is 12.2 Å². The van der Waals surface area contributed by atoms with Gasteiger partial charge in [0.2, 0.25) is 0 Å². The van der Waals surface area contributed by atoms with E-state index in [1.54, 1.807) is 6.07 Å². The van der Waals surface area contributed by atoms with E-state index in [9.17, 15) is 5.11 Å². The molecule has 0 amide bonds. The summed E-state index contributed by atoms with van der Waals surface area (Å²) in [5.41, 5.74) is 1.64. The predicted molar refractivity (Wildman–Crippen MR) is 112 cm³/mol. The quantitative estimate of drug-likeness (QED) is 0.582. The average molecular weight is 388 g/mol. The third-order valence-corrected chi connectivity index (χ3v) is 4.16. The first kappa shape index (κ1) is 22.2. The number of aliphatic hydroxyl groups is 2. The Hall–Kier alpha value is -2.08. The van der Waals surface area contributed by atoms with Crippen LogP contribution in [0, 0.1) is 0 Å². The largest absolute Gasteiger partial charge is 0.487 e. The van der Waals surface area contributed by atoms with Crippen LogP contribution in [0.4, 0.5) is 0 Å². The molecular formula is C23H33NO4. The smallest absolute Gasteiger partial charge is 0.161 e. The van der Waals surface area contributed by atoms with Crippen molar-refractivity contribution in [3.63, 3.8) is 0 Å². The summed E-state index contributed by atoms with van der Waals surface area (Å²) in [6, 6.07) is 16.0. The Bertz CT molecular complexity index is 712. The van der Waals surface area contributed by atoms with Crippen molar-refractivity contribution in [1.29, 1.82) is 0 Å². The second-order valence-corrected chi connectivity index (χ2v) is 8.01. The lowest BCUT2D eigenvalue weighted by Crippen LogP contribution is -2.32. The minimum Gasteiger partial charge on any atom is -0.487 e. The first-order chi connectivity index (χ1) is 13.3. The SMILES string of the molecule is CC(Cc1ccccc1)NC[C@H](O)c1ccc(OC(C)(C)C)c(OCCO)c1. The molecule has 0 aliphatic rings. The zero-order chi connectivity index (χ0) is 20.6. The Balaban J connectivity index is 2.00. The van der Waals surface area contributed by atoms with Gasteiger partial charge in [-0.25, -0.2) is 0 Å². The van der Waals surface area contributed by atoms with Crippen LogP contribution in [-0.4, -0.2) is 41.6 Å². The van der Waals surface area contributed by atoms with Crippen molar-refractivity contribution in [2.75, 3.05) is 19.8 Å². The molecule has 0 aromatic heterocycles. The molecule has 2 aromatic rings. The van der Waals surface area contributed by atoms with Gasteiger partial charge in [0, 0.05) is 12.6 Å². The number of benzene rings is 2. The number of hydrogen-bond donors (Lipinski definition) is 3. The second kappa shape index (κ2) is 10.5. The lowest BCUT2D eigenvalue weighted by atomic mass is 10.1. The third kappa shape index (κ3) is 7.50. The third-order valence-electron chi connectivity index (χ3n) is 4.16. The summed E-state index contributed by atoms with van der Waals surface area (Å²) in [5.74, 6) is 1.13. The minimum absolute atomic E-state index is 0.0830. The fourth-order valence-electron chi connectivity index (χ4n) is 2.88. The van der Waals surface area contributed by atoms with Gasteiger partial charge in [-0.1, -0.05) is 36.4 Å². The monoisotopic (exact) mass is 387 g/mol. The molecule has 1 unspecified atom stereocenters. The van der Waals surface area contributed by atoms with Gasteiger partial charge >= 0.3 is 0 Å². The Labute approximate surface area is 168 Å². The highest BCUT2D eigenvalue weighted by molar-refractivity contribution is 5.44. The Morgan fingerprint density at radius 3 is 2.39 bits per heavy atom. The molecule has 0 spiro atoms. The summed E-state index contributed by atoms with van der Waals surface area (Å²) in [6.45, 7) is 8.52. The molecular weight excluding hydrogens is 354 g/mol. The maximum atomic E-state index is 10.6. The number of nitrogens with one attached hydrogen (secondary N) is 1. The average Bonchev–Trinajstić information content (AvgIpc) is 2.65. The molecule has 0 fully saturated rings. The van der Waals surface area contributed by atoms with E-state index in [4.69, 9.17) is 14.6 Å². The maximum Gasteiger partial charge on any atom is 0.161 e. The van der Waals surface area contributed by atoms with E-state index in [0.29, 0.717) is 18.0 Å². The van der Waals surface area contributed by atoms with Crippen LogP contribution in [0.25, 0.3) is 0 Å². The van der Waals surface area contributed by atoms with Gasteiger partial charge in [-0.2, -0.15) is 0 Å². The lowest BCUT2D eigenvalue weighted by Gasteiger charge is -2.24. The van der Waals surface area contributed by atoms with Crippen molar-refractivity contribution in [2.45, 2.75) is 51.9 Å². The zero-order valence-corrected chi connectivity index (χ0v) is 17.3. The van der Waals surface area contributed by atoms with Crippen LogP contribution in [0.2, 0.25) is 0 Å². The number of aliphatic hydroxyl groups excluding tert-OH is 2. The first-order valence-electron chi connectivity index (χ1n) is 9.80. The molecule has 0 aliphatic carbocycles. The van der Waals surface area contributed by atoms with Gasteiger partial charge in [0.15, 0.2) is 11.5 Å². The van der Waals surface area contributed by atoms with Crippen LogP contribution in [0.15, 0.2) is 48.5 Å². The molecule has 5 nitrogen and oxygen atoms in total. The van der Waals surface area contributed by atoms with E-state index >= 15 is 0 Å². The van der Waals surface area contributed by atoms with Gasteiger partial charge < -0.3 is 25.0 Å². The van der Waals surface area contributed by atoms with Crippen LogP contribution in [0.3, 0.4) is 0 Å². The van der Waals surface area contributed by atoms with E-state index in [0.717, 1.165) is 12.0 Å². The molecule has 0 saturated heterocycles. The van der Waals surface area contributed by atoms with Crippen molar-refractivity contribution < 1.29 is 19.7 Å². The Morgan fingerprint density at radius 2 is 1.75 bits per heavy atom. The number of rotatable bonds is 10. The summed E-state index contributed by atoms with van der Waals surface area (Å²) in [6.07, 6.45) is 0.231. The summed E-state index contributed by atoms with van der Waals surface area (Å²) >= 11 is 0. The number of hydrogen-bond acceptors (Lipinski definition) is 5. The fraction of sp³-hybridized carbons (Fsp3) is 0.478. The lowest BCUT2D eigenvalue weighted by molar-refractivity contribution is 0.119. The Morgan fingerprint density at radius 1 is 1.04 bits per heavy atom. The molecule has 0 saturated carbocycles. The van der Waals surface area contributed by atoms with Crippen LogP contribution in [0.5, 0.6) is 11.5 Å². The van der Waals surface area contributed by atoms with Crippen molar-refractivity contribution >= 4 is 0 Å². The van der Waals surface area contributed by atoms with Gasteiger partial charge in [0.25, 0.3) is 0 Å². The van der Waals surface area contributed by atoms with Crippen molar-refractivity contribution in [2.24, 2.45) is 0 Å². The van der Waals surface area contributed by atoms with E-state index in [2.05, 4.69) is 24.4 Å². The molecule has 3 N–H and O–H groups in total. The molecule has 28 heavy (non-hydrogen) atoms. The summed E-state index contributed by atoms with van der Waals surface area (Å²) < 4.78 is 11.5. The highest BCUT2D eigenvalue weighted by Gasteiger charge is 2.18. The highest BCUT2D eigenvalue weighted by Crippen LogP contribution is 2.33. The molecule has 5 heteroatoms. The molecule has 0 radical (unpaired) electrons. The molecule has 154 valence electrons. The normalized spacial score (nSPS) is 13.8. The van der Waals surface area contributed by atoms with E-state index in [1.165, 1.54) is 5.56 Å². The van der Waals surface area contributed by atoms with Crippen LogP contribution in [-0.2, 0) is 6.42 Å². The minimum atomic E-state index is -0.668. The van der Waals surface area contributed by atoms with E-state index in [1.807, 2.05) is 51.1 Å². The highest BCUT2D eigenvalue weighted by atomic mass is 16.5. The fourth-order valence-corrected chi connectivity index (χ4v) is 2.88. The predicted octanol–water partition coefficient (Wildman–Crippen LogP) is 3.49. The Kier molecular flexibility index (Phi) is 8.30. The van der Waals surface area contributed by atoms with Crippen LogP contribution < -0.4 is 14.8 Å². The standard InChI is InChI=1S/C23H33NO4/c1-17(14-18-8-6-5-7-9-18)24-16-20(26)19-10-11-21(28-23(2,3)4)22(15-19)27-13-12-25/h5-11,15,17,20,24-26H,12-14,16H2,1-4H3/t17?,20-/m0/s1. The number of ether oxygens (including phenoxy) is 2.